The topological polar surface area (TPSA) is 76.0 Å². The number of nitrogens with one attached hydrogen (secondary N) is 2. The van der Waals surface area contributed by atoms with Crippen LogP contribution >= 0.6 is 0 Å². The Morgan fingerprint density at radius 3 is 2.52 bits per heavy atom. The van der Waals surface area contributed by atoms with Crippen molar-refractivity contribution in [2.75, 3.05) is 6.54 Å². The van der Waals surface area contributed by atoms with E-state index in [2.05, 4.69) is 29.6 Å². The first-order valence-electron chi connectivity index (χ1n) is 9.58. The van der Waals surface area contributed by atoms with E-state index >= 15 is 0 Å². The van der Waals surface area contributed by atoms with Gasteiger partial charge in [-0.2, -0.15) is 5.10 Å². The Bertz CT molecular complexity index is 657. The monoisotopic (exact) mass is 346 g/mol. The van der Waals surface area contributed by atoms with Crippen molar-refractivity contribution in [3.8, 4) is 0 Å². The molecule has 0 bridgehead atoms. The lowest BCUT2D eigenvalue weighted by atomic mass is 9.93. The molecule has 1 fully saturated rings. The standard InChI is InChI=1S/C19H30N4O2/c1-13(2)12-20-18(25)19(10-6-7-11-19)21-17(24)16-14-8-4-5-9-15(14)23(3)22-16/h13H,4-12H2,1-3H3,(H,20,25)(H,21,24). The van der Waals surface area contributed by atoms with E-state index in [1.165, 1.54) is 5.69 Å². The highest BCUT2D eigenvalue weighted by Gasteiger charge is 2.43. The van der Waals surface area contributed by atoms with E-state index in [1.54, 1.807) is 0 Å². The van der Waals surface area contributed by atoms with Gasteiger partial charge in [-0.15, -0.1) is 0 Å². The zero-order valence-electron chi connectivity index (χ0n) is 15.7. The summed E-state index contributed by atoms with van der Waals surface area (Å²) in [7, 11) is 1.90. The molecule has 1 saturated carbocycles. The van der Waals surface area contributed by atoms with Crippen molar-refractivity contribution in [3.05, 3.63) is 17.0 Å². The van der Waals surface area contributed by atoms with Crippen LogP contribution in [0.3, 0.4) is 0 Å². The Kier molecular flexibility index (Phi) is 5.16. The molecule has 0 aromatic carbocycles. The van der Waals surface area contributed by atoms with E-state index < -0.39 is 5.54 Å². The lowest BCUT2D eigenvalue weighted by Gasteiger charge is -2.29. The van der Waals surface area contributed by atoms with Crippen molar-refractivity contribution in [1.82, 2.24) is 20.4 Å². The van der Waals surface area contributed by atoms with Crippen molar-refractivity contribution in [2.24, 2.45) is 13.0 Å². The van der Waals surface area contributed by atoms with Crippen LogP contribution in [-0.4, -0.2) is 33.7 Å². The Labute approximate surface area is 149 Å². The van der Waals surface area contributed by atoms with E-state index in [4.69, 9.17) is 0 Å². The summed E-state index contributed by atoms with van der Waals surface area (Å²) < 4.78 is 1.84. The third-order valence-corrected chi connectivity index (χ3v) is 5.50. The summed E-state index contributed by atoms with van der Waals surface area (Å²) in [5, 5.41) is 10.6. The number of carbonyl (C=O) groups is 2. The zero-order chi connectivity index (χ0) is 18.0. The summed E-state index contributed by atoms with van der Waals surface area (Å²) in [5.41, 5.74) is 1.98. The molecule has 0 radical (unpaired) electrons. The highest BCUT2D eigenvalue weighted by Crippen LogP contribution is 2.31. The number of carbonyl (C=O) groups excluding carboxylic acids is 2. The molecule has 1 aromatic rings. The van der Waals surface area contributed by atoms with Crippen LogP contribution in [0.15, 0.2) is 0 Å². The van der Waals surface area contributed by atoms with E-state index in [1.807, 2.05) is 11.7 Å². The first-order valence-corrected chi connectivity index (χ1v) is 9.58. The lowest BCUT2D eigenvalue weighted by Crippen LogP contribution is -2.57. The zero-order valence-corrected chi connectivity index (χ0v) is 15.7. The number of hydrogen-bond donors (Lipinski definition) is 2. The number of aromatic nitrogens is 2. The summed E-state index contributed by atoms with van der Waals surface area (Å²) in [6, 6.07) is 0. The number of aryl methyl sites for hydroxylation is 1. The maximum absolute atomic E-state index is 13.0. The molecule has 138 valence electrons. The van der Waals surface area contributed by atoms with Crippen LogP contribution in [0.25, 0.3) is 0 Å². The maximum Gasteiger partial charge on any atom is 0.272 e. The minimum Gasteiger partial charge on any atom is -0.354 e. The van der Waals surface area contributed by atoms with Crippen LogP contribution < -0.4 is 10.6 Å². The molecular formula is C19H30N4O2. The van der Waals surface area contributed by atoms with Gasteiger partial charge in [0.25, 0.3) is 5.91 Å². The van der Waals surface area contributed by atoms with E-state index in [0.29, 0.717) is 31.0 Å². The van der Waals surface area contributed by atoms with Gasteiger partial charge in [-0.1, -0.05) is 26.7 Å². The third-order valence-electron chi connectivity index (χ3n) is 5.50. The Morgan fingerprint density at radius 1 is 1.16 bits per heavy atom. The lowest BCUT2D eigenvalue weighted by molar-refractivity contribution is -0.127. The van der Waals surface area contributed by atoms with Crippen LogP contribution in [0, 0.1) is 5.92 Å². The second-order valence-corrected chi connectivity index (χ2v) is 7.95. The second kappa shape index (κ2) is 7.18. The first-order chi connectivity index (χ1) is 11.9. The quantitative estimate of drug-likeness (QED) is 0.857. The molecular weight excluding hydrogens is 316 g/mol. The van der Waals surface area contributed by atoms with Gasteiger partial charge in [0.1, 0.15) is 5.54 Å². The molecule has 2 N–H and O–H groups in total. The van der Waals surface area contributed by atoms with Crippen molar-refractivity contribution in [2.45, 2.75) is 70.8 Å². The molecule has 6 nitrogen and oxygen atoms in total. The Hall–Kier alpha value is -1.85. The van der Waals surface area contributed by atoms with E-state index in [0.717, 1.165) is 44.1 Å². The summed E-state index contributed by atoms with van der Waals surface area (Å²) in [5.74, 6) is 0.151. The van der Waals surface area contributed by atoms with Gasteiger partial charge in [0.15, 0.2) is 5.69 Å². The fourth-order valence-electron chi connectivity index (χ4n) is 4.08. The highest BCUT2D eigenvalue weighted by atomic mass is 16.2. The second-order valence-electron chi connectivity index (χ2n) is 7.95. The fraction of sp³-hybridized carbons (Fsp3) is 0.737. The number of hydrogen-bond acceptors (Lipinski definition) is 3. The van der Waals surface area contributed by atoms with Crippen LogP contribution in [0.5, 0.6) is 0 Å². The molecule has 0 unspecified atom stereocenters. The fourth-order valence-corrected chi connectivity index (χ4v) is 4.08. The molecule has 3 rings (SSSR count). The highest BCUT2D eigenvalue weighted by molar-refractivity contribution is 5.99. The van der Waals surface area contributed by atoms with Gasteiger partial charge in [0, 0.05) is 24.8 Å². The van der Waals surface area contributed by atoms with Crippen molar-refractivity contribution in [1.29, 1.82) is 0 Å². The Morgan fingerprint density at radius 2 is 1.84 bits per heavy atom. The summed E-state index contributed by atoms with van der Waals surface area (Å²) in [6.07, 6.45) is 7.47. The van der Waals surface area contributed by atoms with Crippen LogP contribution in [0.2, 0.25) is 0 Å². The molecule has 0 atom stereocenters. The van der Waals surface area contributed by atoms with Crippen LogP contribution in [-0.2, 0) is 24.7 Å². The summed E-state index contributed by atoms with van der Waals surface area (Å²) in [6.45, 7) is 4.77. The minimum atomic E-state index is -0.773. The molecule has 6 heteroatoms. The number of rotatable bonds is 5. The molecule has 0 aliphatic heterocycles. The molecule has 2 amide bonds. The van der Waals surface area contributed by atoms with Gasteiger partial charge in [-0.05, 0) is 44.4 Å². The molecule has 0 saturated heterocycles. The number of amides is 2. The molecule has 2 aliphatic rings. The molecule has 0 spiro atoms. The van der Waals surface area contributed by atoms with E-state index in [9.17, 15) is 9.59 Å². The third kappa shape index (κ3) is 3.58. The maximum atomic E-state index is 13.0. The number of nitrogens with zero attached hydrogens (tertiary/aromatic N) is 2. The summed E-state index contributed by atoms with van der Waals surface area (Å²) in [4.78, 5) is 25.7. The predicted molar refractivity (Wildman–Crippen MR) is 96.4 cm³/mol. The number of fused-ring (bicyclic) bond motifs is 1. The largest absolute Gasteiger partial charge is 0.354 e. The molecule has 1 aromatic heterocycles. The smallest absolute Gasteiger partial charge is 0.272 e. The van der Waals surface area contributed by atoms with Crippen LogP contribution in [0.1, 0.15) is 74.1 Å². The average molecular weight is 346 g/mol. The van der Waals surface area contributed by atoms with E-state index in [-0.39, 0.29) is 11.8 Å². The Balaban J connectivity index is 1.79. The van der Waals surface area contributed by atoms with Gasteiger partial charge in [-0.3, -0.25) is 14.3 Å². The molecule has 2 aliphatic carbocycles. The van der Waals surface area contributed by atoms with Crippen molar-refractivity contribution < 1.29 is 9.59 Å². The van der Waals surface area contributed by atoms with Gasteiger partial charge >= 0.3 is 0 Å². The van der Waals surface area contributed by atoms with Crippen LogP contribution in [0.4, 0.5) is 0 Å². The van der Waals surface area contributed by atoms with Crippen molar-refractivity contribution >= 4 is 11.8 Å². The van der Waals surface area contributed by atoms with Gasteiger partial charge < -0.3 is 10.6 Å². The van der Waals surface area contributed by atoms with Crippen molar-refractivity contribution in [3.63, 3.8) is 0 Å². The predicted octanol–water partition coefficient (Wildman–Crippen LogP) is 2.11. The van der Waals surface area contributed by atoms with Gasteiger partial charge in [-0.25, -0.2) is 0 Å². The molecule has 25 heavy (non-hydrogen) atoms. The van der Waals surface area contributed by atoms with Gasteiger partial charge in [0.2, 0.25) is 5.91 Å². The molecule has 1 heterocycles. The first kappa shape index (κ1) is 18.0. The normalized spacial score (nSPS) is 18.9. The summed E-state index contributed by atoms with van der Waals surface area (Å²) >= 11 is 0. The minimum absolute atomic E-state index is 0.0446. The van der Waals surface area contributed by atoms with Gasteiger partial charge in [0.05, 0.1) is 0 Å². The average Bonchev–Trinajstić information content (AvgIpc) is 3.19. The SMILES string of the molecule is CC(C)CNC(=O)C1(NC(=O)c2nn(C)c3c2CCCC3)CCCC1.